The molecule has 1 aliphatic rings. The summed E-state index contributed by atoms with van der Waals surface area (Å²) in [5.41, 5.74) is 0.993. The van der Waals surface area contributed by atoms with E-state index in [4.69, 9.17) is 5.21 Å². The Morgan fingerprint density at radius 3 is 1.90 bits per heavy atom. The van der Waals surface area contributed by atoms with Crippen molar-refractivity contribution >= 4 is 35.3 Å². The zero-order chi connectivity index (χ0) is 6.53. The van der Waals surface area contributed by atoms with E-state index < -0.39 is 0 Å². The van der Waals surface area contributed by atoms with Crippen LogP contribution < -0.4 is 0 Å². The maximum absolute atomic E-state index is 8.40. The second-order valence-electron chi connectivity index (χ2n) is 2.58. The fourth-order valence-corrected chi connectivity index (χ4v) is 1.24. The minimum atomic E-state index is 0. The number of rotatable bonds is 0. The first-order valence-corrected chi connectivity index (χ1v) is 3.63. The summed E-state index contributed by atoms with van der Waals surface area (Å²) in [5.74, 6) is 0. The van der Waals surface area contributed by atoms with Crippen molar-refractivity contribution in [2.45, 2.75) is 38.5 Å². The van der Waals surface area contributed by atoms with E-state index in [-0.39, 0.29) is 29.6 Å². The van der Waals surface area contributed by atoms with Crippen LogP contribution >= 0.6 is 0 Å². The van der Waals surface area contributed by atoms with Gasteiger partial charge in [-0.05, 0) is 25.7 Å². The molecule has 1 N–H and O–H groups in total. The van der Waals surface area contributed by atoms with Crippen molar-refractivity contribution in [1.29, 1.82) is 0 Å². The van der Waals surface area contributed by atoms with Crippen molar-refractivity contribution in [3.8, 4) is 0 Å². The second-order valence-corrected chi connectivity index (χ2v) is 2.58. The Morgan fingerprint density at radius 2 is 1.50 bits per heavy atom. The molecule has 0 bridgehead atoms. The van der Waals surface area contributed by atoms with Gasteiger partial charge in [-0.3, -0.25) is 0 Å². The summed E-state index contributed by atoms with van der Waals surface area (Å²) in [5, 5.41) is 11.6. The topological polar surface area (TPSA) is 32.6 Å². The van der Waals surface area contributed by atoms with Crippen LogP contribution in [0.1, 0.15) is 38.5 Å². The quantitative estimate of drug-likeness (QED) is 0.242. The molecule has 0 aromatic carbocycles. The van der Waals surface area contributed by atoms with Gasteiger partial charge in [0.2, 0.25) is 0 Å². The first-order chi connectivity index (χ1) is 4.43. The predicted molar refractivity (Wildman–Crippen MR) is 44.1 cm³/mol. The molecule has 1 saturated carbocycles. The van der Waals surface area contributed by atoms with Crippen molar-refractivity contribution < 1.29 is 5.21 Å². The van der Waals surface area contributed by atoms with Crippen molar-refractivity contribution in [2.24, 2.45) is 5.16 Å². The third-order valence-corrected chi connectivity index (χ3v) is 1.82. The van der Waals surface area contributed by atoms with Gasteiger partial charge >= 0.3 is 29.6 Å². The molecule has 1 fully saturated rings. The van der Waals surface area contributed by atoms with Crippen molar-refractivity contribution in [2.75, 3.05) is 0 Å². The van der Waals surface area contributed by atoms with E-state index in [1.165, 1.54) is 25.7 Å². The van der Waals surface area contributed by atoms with Gasteiger partial charge in [-0.2, -0.15) is 0 Å². The molecule has 0 aromatic rings. The zero-order valence-electron chi connectivity index (χ0n) is 5.64. The van der Waals surface area contributed by atoms with Gasteiger partial charge in [-0.1, -0.05) is 18.0 Å². The summed E-state index contributed by atoms with van der Waals surface area (Å²) in [6.07, 6.45) is 7.05. The molecule has 0 aliphatic heterocycles. The molecule has 0 saturated heterocycles. The van der Waals surface area contributed by atoms with Crippen LogP contribution in [0, 0.1) is 0 Å². The Labute approximate surface area is 84.0 Å². The summed E-state index contributed by atoms with van der Waals surface area (Å²) in [7, 11) is 0. The van der Waals surface area contributed by atoms with Crippen LogP contribution in [0.2, 0.25) is 0 Å². The molecule has 54 valence electrons. The van der Waals surface area contributed by atoms with Crippen LogP contribution in [0.4, 0.5) is 0 Å². The van der Waals surface area contributed by atoms with Gasteiger partial charge in [-0.25, -0.2) is 0 Å². The molecule has 0 unspecified atom stereocenters. The summed E-state index contributed by atoms with van der Waals surface area (Å²) < 4.78 is 0. The van der Waals surface area contributed by atoms with E-state index in [1.54, 1.807) is 0 Å². The number of nitrogens with zero attached hydrogens (tertiary/aromatic N) is 1. The molecule has 0 aromatic heterocycles. The van der Waals surface area contributed by atoms with Crippen molar-refractivity contribution in [3.05, 3.63) is 0 Å². The minimum absolute atomic E-state index is 0. The van der Waals surface area contributed by atoms with Crippen LogP contribution in [0.3, 0.4) is 0 Å². The van der Waals surface area contributed by atoms with Gasteiger partial charge < -0.3 is 5.21 Å². The molecular weight excluding hydrogens is 137 g/mol. The van der Waals surface area contributed by atoms with E-state index in [0.29, 0.717) is 0 Å². The molecule has 10 heavy (non-hydrogen) atoms. The monoisotopic (exact) mass is 151 g/mol. The predicted octanol–water partition coefficient (Wildman–Crippen LogP) is 1.52. The van der Waals surface area contributed by atoms with Crippen molar-refractivity contribution in [3.63, 3.8) is 0 Å². The van der Waals surface area contributed by atoms with Crippen LogP contribution in [-0.4, -0.2) is 40.5 Å². The third-order valence-electron chi connectivity index (χ3n) is 1.82. The average Bonchev–Trinajstić information content (AvgIpc) is 2.13. The normalized spacial score (nSPS) is 19.0. The van der Waals surface area contributed by atoms with Crippen LogP contribution in [0.25, 0.3) is 0 Å². The van der Waals surface area contributed by atoms with Crippen LogP contribution in [-0.2, 0) is 0 Å². The van der Waals surface area contributed by atoms with Gasteiger partial charge in [0.1, 0.15) is 0 Å². The molecule has 0 radical (unpaired) electrons. The second kappa shape index (κ2) is 6.20. The number of oxime groups is 1. The fourth-order valence-electron chi connectivity index (χ4n) is 1.24. The molecule has 0 atom stereocenters. The standard InChI is InChI=1S/C7H13NO.Na.H/c9-8-7-5-3-1-2-4-6-7;;/h9H,1-6H2;;. The van der Waals surface area contributed by atoms with Crippen molar-refractivity contribution in [1.82, 2.24) is 0 Å². The first kappa shape index (κ1) is 10.5. The van der Waals surface area contributed by atoms with Crippen LogP contribution in [0.5, 0.6) is 0 Å². The molecule has 0 spiro atoms. The van der Waals surface area contributed by atoms with Gasteiger partial charge in [0, 0.05) is 0 Å². The summed E-state index contributed by atoms with van der Waals surface area (Å²) in [6.45, 7) is 0. The first-order valence-electron chi connectivity index (χ1n) is 3.63. The van der Waals surface area contributed by atoms with Gasteiger partial charge in [0.05, 0.1) is 5.71 Å². The SMILES string of the molecule is ON=C1CCCCCC1.[NaH]. The number of hydrogen-bond donors (Lipinski definition) is 1. The molecule has 1 rings (SSSR count). The molecular formula is C7H14NNaO. The summed E-state index contributed by atoms with van der Waals surface area (Å²) >= 11 is 0. The molecule has 1 aliphatic carbocycles. The Kier molecular flexibility index (Phi) is 6.49. The van der Waals surface area contributed by atoms with E-state index in [9.17, 15) is 0 Å². The average molecular weight is 151 g/mol. The third kappa shape index (κ3) is 3.59. The van der Waals surface area contributed by atoms with Crippen LogP contribution in [0.15, 0.2) is 5.16 Å². The molecule has 2 nitrogen and oxygen atoms in total. The molecule has 3 heteroatoms. The Hall–Kier alpha value is 0.470. The van der Waals surface area contributed by atoms with Gasteiger partial charge in [0.15, 0.2) is 0 Å². The van der Waals surface area contributed by atoms with E-state index >= 15 is 0 Å². The Bertz CT molecular complexity index is 104. The number of hydrogen-bond acceptors (Lipinski definition) is 2. The van der Waals surface area contributed by atoms with E-state index in [1.807, 2.05) is 0 Å². The fraction of sp³-hybridized carbons (Fsp3) is 0.857. The Balaban J connectivity index is 0.000000810. The zero-order valence-corrected chi connectivity index (χ0v) is 5.64. The molecule has 0 heterocycles. The van der Waals surface area contributed by atoms with E-state index in [0.717, 1.165) is 18.6 Å². The van der Waals surface area contributed by atoms with Gasteiger partial charge in [-0.15, -0.1) is 0 Å². The summed E-state index contributed by atoms with van der Waals surface area (Å²) in [6, 6.07) is 0. The maximum atomic E-state index is 8.40. The summed E-state index contributed by atoms with van der Waals surface area (Å²) in [4.78, 5) is 0. The van der Waals surface area contributed by atoms with Gasteiger partial charge in [0.25, 0.3) is 0 Å². The Morgan fingerprint density at radius 1 is 1.00 bits per heavy atom. The van der Waals surface area contributed by atoms with E-state index in [2.05, 4.69) is 5.16 Å². The molecule has 0 amide bonds.